The summed E-state index contributed by atoms with van der Waals surface area (Å²) in [6.07, 6.45) is 5.44. The van der Waals surface area contributed by atoms with Gasteiger partial charge in [-0.3, -0.25) is 9.78 Å². The Morgan fingerprint density at radius 3 is 2.75 bits per heavy atom. The molecule has 5 heteroatoms. The van der Waals surface area contributed by atoms with Gasteiger partial charge < -0.3 is 4.74 Å². The molecule has 116 valence electrons. The monoisotopic (exact) mass is 318 g/mol. The zero-order valence-electron chi connectivity index (χ0n) is 12.5. The minimum absolute atomic E-state index is 0.0821. The van der Waals surface area contributed by atoms with Crippen molar-refractivity contribution in [2.45, 2.75) is 6.61 Å². The Morgan fingerprint density at radius 1 is 1.21 bits per heavy atom. The van der Waals surface area contributed by atoms with Crippen molar-refractivity contribution >= 4 is 10.8 Å². The molecule has 0 bridgehead atoms. The Bertz CT molecular complexity index is 1070. The third-order valence-electron chi connectivity index (χ3n) is 3.61. The van der Waals surface area contributed by atoms with Crippen LogP contribution in [0.3, 0.4) is 0 Å². The maximum absolute atomic E-state index is 13.6. The highest BCUT2D eigenvalue weighted by atomic mass is 19.1. The van der Waals surface area contributed by atoms with E-state index in [4.69, 9.17) is 16.4 Å². The average molecular weight is 318 g/mol. The molecule has 0 unspecified atom stereocenters. The van der Waals surface area contributed by atoms with Crippen molar-refractivity contribution in [3.05, 3.63) is 75.3 Å². The summed E-state index contributed by atoms with van der Waals surface area (Å²) in [6.45, 7) is 0.105. The van der Waals surface area contributed by atoms with Gasteiger partial charge in [0.2, 0.25) is 5.88 Å². The van der Waals surface area contributed by atoms with E-state index in [-0.39, 0.29) is 18.1 Å². The summed E-state index contributed by atoms with van der Waals surface area (Å²) in [6, 6.07) is 12.8. The van der Waals surface area contributed by atoms with Crippen molar-refractivity contribution in [3.8, 4) is 24.3 Å². The molecule has 3 aromatic rings. The van der Waals surface area contributed by atoms with Gasteiger partial charge >= 0.3 is 0 Å². The number of halogens is 1. The maximum atomic E-state index is 13.6. The number of aromatic nitrogens is 1. The molecule has 4 nitrogen and oxygen atoms in total. The van der Waals surface area contributed by atoms with Crippen LogP contribution in [0, 0.1) is 29.5 Å². The first-order valence-corrected chi connectivity index (χ1v) is 7.07. The summed E-state index contributed by atoms with van der Waals surface area (Å²) in [5.74, 6) is 2.16. The topological polar surface area (TPSA) is 65.9 Å². The smallest absolute Gasteiger partial charge is 0.269 e. The van der Waals surface area contributed by atoms with Crippen LogP contribution in [-0.2, 0) is 6.61 Å². The largest absolute Gasteiger partial charge is 0.474 e. The van der Waals surface area contributed by atoms with Crippen molar-refractivity contribution in [2.24, 2.45) is 0 Å². The molecule has 2 aromatic carbocycles. The molecule has 0 saturated heterocycles. The van der Waals surface area contributed by atoms with Crippen molar-refractivity contribution in [1.82, 2.24) is 4.98 Å². The van der Waals surface area contributed by atoms with E-state index < -0.39 is 11.4 Å². The molecule has 0 saturated carbocycles. The zero-order chi connectivity index (χ0) is 17.1. The van der Waals surface area contributed by atoms with Gasteiger partial charge in [0, 0.05) is 21.9 Å². The van der Waals surface area contributed by atoms with Crippen LogP contribution < -0.4 is 10.3 Å². The third-order valence-corrected chi connectivity index (χ3v) is 3.61. The molecule has 0 amide bonds. The number of ether oxygens (including phenoxy) is 1. The minimum Gasteiger partial charge on any atom is -0.474 e. The molecule has 24 heavy (non-hydrogen) atoms. The number of H-pyrrole nitrogens is 1. The van der Waals surface area contributed by atoms with Gasteiger partial charge in [-0.15, -0.1) is 6.42 Å². The first-order chi connectivity index (χ1) is 11.6. The van der Waals surface area contributed by atoms with Gasteiger partial charge in [-0.25, -0.2) is 4.39 Å². The van der Waals surface area contributed by atoms with E-state index in [1.165, 1.54) is 18.2 Å². The lowest BCUT2D eigenvalue weighted by molar-refractivity contribution is 0.297. The van der Waals surface area contributed by atoms with E-state index in [9.17, 15) is 9.18 Å². The van der Waals surface area contributed by atoms with Crippen LogP contribution in [-0.4, -0.2) is 4.98 Å². The summed E-state index contributed by atoms with van der Waals surface area (Å²) in [5.41, 5.74) is 0.761. The van der Waals surface area contributed by atoms with Crippen LogP contribution in [0.15, 0.2) is 47.3 Å². The molecule has 3 rings (SSSR count). The summed E-state index contributed by atoms with van der Waals surface area (Å²) in [4.78, 5) is 14.5. The van der Waals surface area contributed by atoms with E-state index in [2.05, 4.69) is 10.9 Å². The number of terminal acetylenes is 1. The molecule has 0 aliphatic rings. The number of benzene rings is 2. The van der Waals surface area contributed by atoms with Gasteiger partial charge in [0.05, 0.1) is 0 Å². The summed E-state index contributed by atoms with van der Waals surface area (Å²) < 4.78 is 19.2. The van der Waals surface area contributed by atoms with E-state index in [1.807, 2.05) is 18.2 Å². The van der Waals surface area contributed by atoms with E-state index in [0.717, 1.165) is 5.56 Å². The van der Waals surface area contributed by atoms with Gasteiger partial charge in [-0.05, 0) is 24.3 Å². The van der Waals surface area contributed by atoms with Crippen LogP contribution in [0.2, 0.25) is 0 Å². The van der Waals surface area contributed by atoms with Gasteiger partial charge in [0.15, 0.2) is 0 Å². The first-order valence-electron chi connectivity index (χ1n) is 7.07. The van der Waals surface area contributed by atoms with Gasteiger partial charge in [-0.1, -0.05) is 24.1 Å². The van der Waals surface area contributed by atoms with Crippen LogP contribution in [0.1, 0.15) is 16.7 Å². The number of fused-ring (bicyclic) bond motifs is 1. The number of nitrogens with one attached hydrogen (secondary N) is 1. The second-order valence-electron chi connectivity index (χ2n) is 5.05. The van der Waals surface area contributed by atoms with Crippen LogP contribution in [0.4, 0.5) is 4.39 Å². The SMILES string of the molecule is C#Cc1ccccc1COc1[nH]c(=O)c(C#N)c2ccc(F)cc12. The highest BCUT2D eigenvalue weighted by molar-refractivity contribution is 5.91. The van der Waals surface area contributed by atoms with Crippen molar-refractivity contribution in [2.75, 3.05) is 0 Å². The third kappa shape index (κ3) is 2.71. The summed E-state index contributed by atoms with van der Waals surface area (Å²) in [7, 11) is 0. The summed E-state index contributed by atoms with van der Waals surface area (Å²) >= 11 is 0. The fourth-order valence-electron chi connectivity index (χ4n) is 2.44. The lowest BCUT2D eigenvalue weighted by atomic mass is 10.1. The second-order valence-corrected chi connectivity index (χ2v) is 5.05. The van der Waals surface area contributed by atoms with Crippen LogP contribution in [0.25, 0.3) is 10.8 Å². The number of rotatable bonds is 3. The molecule has 1 aromatic heterocycles. The molecule has 0 radical (unpaired) electrons. The molecular weight excluding hydrogens is 307 g/mol. The molecule has 0 fully saturated rings. The molecular formula is C19H11FN2O2. The minimum atomic E-state index is -0.586. The average Bonchev–Trinajstić information content (AvgIpc) is 2.60. The Labute approximate surface area is 137 Å². The maximum Gasteiger partial charge on any atom is 0.269 e. The molecule has 0 aliphatic heterocycles. The standard InChI is InChI=1S/C19H11FN2O2/c1-2-12-5-3-4-6-13(12)11-24-19-16-9-14(20)7-8-15(16)17(10-21)18(23)22-19/h1,3-9H,11H2,(H,22,23). The van der Waals surface area contributed by atoms with Crippen molar-refractivity contribution in [3.63, 3.8) is 0 Å². The van der Waals surface area contributed by atoms with Crippen molar-refractivity contribution in [1.29, 1.82) is 5.26 Å². The second kappa shape index (κ2) is 6.28. The quantitative estimate of drug-likeness (QED) is 0.755. The number of hydrogen-bond donors (Lipinski definition) is 1. The van der Waals surface area contributed by atoms with E-state index in [0.29, 0.717) is 16.3 Å². The highest BCUT2D eigenvalue weighted by Crippen LogP contribution is 2.26. The number of hydrogen-bond acceptors (Lipinski definition) is 3. The lowest BCUT2D eigenvalue weighted by Gasteiger charge is -2.11. The number of aromatic amines is 1. The van der Waals surface area contributed by atoms with Crippen molar-refractivity contribution < 1.29 is 9.13 Å². The van der Waals surface area contributed by atoms with Gasteiger partial charge in [0.25, 0.3) is 5.56 Å². The van der Waals surface area contributed by atoms with Gasteiger partial charge in [-0.2, -0.15) is 5.26 Å². The summed E-state index contributed by atoms with van der Waals surface area (Å²) in [5, 5.41) is 9.79. The zero-order valence-corrected chi connectivity index (χ0v) is 12.5. The number of pyridine rings is 1. The number of nitrogens with zero attached hydrogens (tertiary/aromatic N) is 1. The Morgan fingerprint density at radius 2 is 2.00 bits per heavy atom. The first kappa shape index (κ1) is 15.3. The predicted octanol–water partition coefficient (Wildman–Crippen LogP) is 3.10. The Balaban J connectivity index is 2.07. The van der Waals surface area contributed by atoms with Crippen LogP contribution >= 0.6 is 0 Å². The fourth-order valence-corrected chi connectivity index (χ4v) is 2.44. The lowest BCUT2D eigenvalue weighted by Crippen LogP contribution is -2.13. The van der Waals surface area contributed by atoms with E-state index >= 15 is 0 Å². The molecule has 1 N–H and O–H groups in total. The normalized spacial score (nSPS) is 10.1. The number of nitriles is 1. The molecule has 0 atom stereocenters. The fraction of sp³-hybridized carbons (Fsp3) is 0.0526. The Hall–Kier alpha value is -3.57. The Kier molecular flexibility index (Phi) is 4.01. The van der Waals surface area contributed by atoms with Crippen LogP contribution in [0.5, 0.6) is 5.88 Å². The highest BCUT2D eigenvalue weighted by Gasteiger charge is 2.13. The predicted molar refractivity (Wildman–Crippen MR) is 88.0 cm³/mol. The molecule has 0 aliphatic carbocycles. The van der Waals surface area contributed by atoms with E-state index in [1.54, 1.807) is 12.1 Å². The molecule has 0 spiro atoms. The molecule has 1 heterocycles. The van der Waals surface area contributed by atoms with Gasteiger partial charge in [0.1, 0.15) is 24.1 Å².